The Hall–Kier alpha value is -1.62. The molecule has 0 aliphatic carbocycles. The number of amides is 1. The second kappa shape index (κ2) is 7.09. The van der Waals surface area contributed by atoms with Crippen LogP contribution in [0.4, 0.5) is 5.82 Å². The third-order valence-electron chi connectivity index (χ3n) is 5.74. The molecule has 5 heteroatoms. The zero-order valence-electron chi connectivity index (χ0n) is 14.4. The van der Waals surface area contributed by atoms with Gasteiger partial charge in [-0.2, -0.15) is 0 Å². The number of carbonyl (C=O) groups is 1. The van der Waals surface area contributed by atoms with Gasteiger partial charge in [0.1, 0.15) is 5.82 Å². The molecule has 2 unspecified atom stereocenters. The zero-order chi connectivity index (χ0) is 16.4. The quantitative estimate of drug-likeness (QED) is 0.906. The molecule has 3 aliphatic heterocycles. The van der Waals surface area contributed by atoms with Crippen LogP contribution in [-0.2, 0) is 0 Å². The molecule has 24 heavy (non-hydrogen) atoms. The highest BCUT2D eigenvalue weighted by atomic mass is 16.2. The normalized spacial score (nSPS) is 27.7. The molecule has 0 spiro atoms. The van der Waals surface area contributed by atoms with Crippen molar-refractivity contribution >= 4 is 11.7 Å². The molecule has 1 N–H and O–H groups in total. The van der Waals surface area contributed by atoms with E-state index in [1.807, 2.05) is 17.0 Å². The summed E-state index contributed by atoms with van der Waals surface area (Å²) >= 11 is 0. The van der Waals surface area contributed by atoms with Gasteiger partial charge in [0.25, 0.3) is 5.91 Å². The molecule has 2 atom stereocenters. The largest absolute Gasteiger partial charge is 0.357 e. The lowest BCUT2D eigenvalue weighted by Gasteiger charge is -2.25. The van der Waals surface area contributed by atoms with Crippen molar-refractivity contribution in [1.82, 2.24) is 15.2 Å². The molecule has 3 saturated heterocycles. The van der Waals surface area contributed by atoms with Crippen LogP contribution in [-0.4, -0.2) is 54.1 Å². The Bertz CT molecular complexity index is 565. The number of carbonyl (C=O) groups excluding carboxylic acids is 1. The number of likely N-dealkylation sites (tertiary alicyclic amines) is 1. The lowest BCUT2D eigenvalue weighted by Crippen LogP contribution is -2.39. The molecule has 4 rings (SSSR count). The number of anilines is 1. The van der Waals surface area contributed by atoms with E-state index in [1.54, 1.807) is 6.20 Å². The lowest BCUT2D eigenvalue weighted by molar-refractivity contribution is 0.0748. The van der Waals surface area contributed by atoms with Gasteiger partial charge in [0.05, 0.1) is 5.56 Å². The summed E-state index contributed by atoms with van der Waals surface area (Å²) in [6, 6.07) is 5.08. The van der Waals surface area contributed by atoms with Gasteiger partial charge in [0.15, 0.2) is 0 Å². The minimum Gasteiger partial charge on any atom is -0.357 e. The highest BCUT2D eigenvalue weighted by molar-refractivity contribution is 5.94. The van der Waals surface area contributed by atoms with Crippen molar-refractivity contribution in [2.75, 3.05) is 31.1 Å². The van der Waals surface area contributed by atoms with Gasteiger partial charge in [-0.15, -0.1) is 0 Å². The smallest absolute Gasteiger partial charge is 0.255 e. The first kappa shape index (κ1) is 15.9. The zero-order valence-corrected chi connectivity index (χ0v) is 14.4. The standard InChI is InChI=1S/C19H28N4O/c24-19(23-12-9-16-6-7-17(14-23)21-16)15-5-8-18(20-13-15)22-10-3-1-2-4-11-22/h5,8,13,16-17,21H,1-4,6-7,9-12,14H2. The fourth-order valence-electron chi connectivity index (χ4n) is 4.31. The van der Waals surface area contributed by atoms with Crippen LogP contribution in [0.5, 0.6) is 0 Å². The Kier molecular flexibility index (Phi) is 4.69. The predicted octanol–water partition coefficient (Wildman–Crippen LogP) is 2.43. The van der Waals surface area contributed by atoms with E-state index in [0.29, 0.717) is 12.1 Å². The van der Waals surface area contributed by atoms with Crippen LogP contribution in [0, 0.1) is 0 Å². The number of pyridine rings is 1. The van der Waals surface area contributed by atoms with E-state index in [0.717, 1.165) is 44.0 Å². The van der Waals surface area contributed by atoms with Crippen LogP contribution in [0.25, 0.3) is 0 Å². The van der Waals surface area contributed by atoms with E-state index in [2.05, 4.69) is 15.2 Å². The Morgan fingerprint density at radius 2 is 1.79 bits per heavy atom. The molecule has 1 aromatic rings. The third-order valence-corrected chi connectivity index (χ3v) is 5.74. The van der Waals surface area contributed by atoms with Gasteiger partial charge in [-0.1, -0.05) is 12.8 Å². The average Bonchev–Trinajstić information content (AvgIpc) is 2.80. The Morgan fingerprint density at radius 1 is 1.00 bits per heavy atom. The number of hydrogen-bond acceptors (Lipinski definition) is 4. The summed E-state index contributed by atoms with van der Waals surface area (Å²) in [6.07, 6.45) is 10.4. The van der Waals surface area contributed by atoms with Gasteiger partial charge >= 0.3 is 0 Å². The van der Waals surface area contributed by atoms with Crippen LogP contribution >= 0.6 is 0 Å². The fraction of sp³-hybridized carbons (Fsp3) is 0.684. The number of hydrogen-bond donors (Lipinski definition) is 1. The lowest BCUT2D eigenvalue weighted by atomic mass is 10.1. The first-order chi connectivity index (χ1) is 11.8. The van der Waals surface area contributed by atoms with E-state index >= 15 is 0 Å². The van der Waals surface area contributed by atoms with E-state index in [1.165, 1.54) is 38.5 Å². The van der Waals surface area contributed by atoms with Gasteiger partial charge in [0.2, 0.25) is 0 Å². The van der Waals surface area contributed by atoms with Gasteiger partial charge in [-0.05, 0) is 44.2 Å². The van der Waals surface area contributed by atoms with Crippen LogP contribution in [0.3, 0.4) is 0 Å². The maximum atomic E-state index is 12.8. The minimum absolute atomic E-state index is 0.138. The minimum atomic E-state index is 0.138. The van der Waals surface area contributed by atoms with E-state index in [9.17, 15) is 4.79 Å². The van der Waals surface area contributed by atoms with E-state index in [-0.39, 0.29) is 5.91 Å². The maximum absolute atomic E-state index is 12.8. The van der Waals surface area contributed by atoms with Crippen LogP contribution in [0.15, 0.2) is 18.3 Å². The second-order valence-corrected chi connectivity index (χ2v) is 7.48. The summed E-state index contributed by atoms with van der Waals surface area (Å²) in [5, 5.41) is 3.63. The molecule has 1 amide bonds. The summed E-state index contributed by atoms with van der Waals surface area (Å²) in [4.78, 5) is 21.8. The second-order valence-electron chi connectivity index (χ2n) is 7.48. The molecule has 5 nitrogen and oxygen atoms in total. The molecule has 0 saturated carbocycles. The van der Waals surface area contributed by atoms with Crippen molar-refractivity contribution < 1.29 is 4.79 Å². The monoisotopic (exact) mass is 328 g/mol. The topological polar surface area (TPSA) is 48.5 Å². The maximum Gasteiger partial charge on any atom is 0.255 e. The van der Waals surface area contributed by atoms with Crippen molar-refractivity contribution in [3.05, 3.63) is 23.9 Å². The number of nitrogens with zero attached hydrogens (tertiary/aromatic N) is 3. The molecule has 0 aromatic carbocycles. The van der Waals surface area contributed by atoms with Crippen molar-refractivity contribution in [3.8, 4) is 0 Å². The molecular formula is C19H28N4O. The Labute approximate surface area is 144 Å². The summed E-state index contributed by atoms with van der Waals surface area (Å²) < 4.78 is 0. The number of rotatable bonds is 2. The molecule has 2 bridgehead atoms. The van der Waals surface area contributed by atoms with Crippen LogP contribution in [0.2, 0.25) is 0 Å². The summed E-state index contributed by atoms with van der Waals surface area (Å²) in [5.74, 6) is 1.16. The molecule has 1 aromatic heterocycles. The molecular weight excluding hydrogens is 300 g/mol. The fourth-order valence-corrected chi connectivity index (χ4v) is 4.31. The Morgan fingerprint density at radius 3 is 2.54 bits per heavy atom. The van der Waals surface area contributed by atoms with Crippen LogP contribution < -0.4 is 10.2 Å². The molecule has 3 fully saturated rings. The van der Waals surface area contributed by atoms with E-state index < -0.39 is 0 Å². The number of fused-ring (bicyclic) bond motifs is 2. The number of nitrogens with one attached hydrogen (secondary N) is 1. The van der Waals surface area contributed by atoms with Gasteiger partial charge in [-0.3, -0.25) is 4.79 Å². The van der Waals surface area contributed by atoms with Crippen molar-refractivity contribution in [1.29, 1.82) is 0 Å². The first-order valence-electron chi connectivity index (χ1n) is 9.56. The first-order valence-corrected chi connectivity index (χ1v) is 9.56. The van der Waals surface area contributed by atoms with Gasteiger partial charge in [0, 0.05) is 44.5 Å². The predicted molar refractivity (Wildman–Crippen MR) is 95.4 cm³/mol. The van der Waals surface area contributed by atoms with E-state index in [4.69, 9.17) is 0 Å². The number of aromatic nitrogens is 1. The van der Waals surface area contributed by atoms with Crippen molar-refractivity contribution in [3.63, 3.8) is 0 Å². The highest BCUT2D eigenvalue weighted by Crippen LogP contribution is 2.22. The summed E-state index contributed by atoms with van der Waals surface area (Å²) in [7, 11) is 0. The summed E-state index contributed by atoms with van der Waals surface area (Å²) in [6.45, 7) is 3.87. The summed E-state index contributed by atoms with van der Waals surface area (Å²) in [5.41, 5.74) is 0.728. The van der Waals surface area contributed by atoms with Crippen molar-refractivity contribution in [2.45, 2.75) is 57.0 Å². The van der Waals surface area contributed by atoms with Crippen molar-refractivity contribution in [2.24, 2.45) is 0 Å². The molecule has 4 heterocycles. The molecule has 0 radical (unpaired) electrons. The van der Waals surface area contributed by atoms with Gasteiger partial charge < -0.3 is 15.1 Å². The third kappa shape index (κ3) is 3.41. The highest BCUT2D eigenvalue weighted by Gasteiger charge is 2.31. The van der Waals surface area contributed by atoms with Crippen LogP contribution in [0.1, 0.15) is 55.3 Å². The Balaban J connectivity index is 1.43. The van der Waals surface area contributed by atoms with Gasteiger partial charge in [-0.25, -0.2) is 4.98 Å². The molecule has 3 aliphatic rings. The molecule has 130 valence electrons. The average molecular weight is 328 g/mol. The SMILES string of the molecule is O=C(c1ccc(N2CCCCCC2)nc1)N1CCC2CCC(C1)N2.